The number of carbonyl (C=O) groups excluding carboxylic acids is 1. The molecule has 2 saturated heterocycles. The lowest BCUT2D eigenvalue weighted by Gasteiger charge is -2.48. The van der Waals surface area contributed by atoms with Gasteiger partial charge in [-0.1, -0.05) is 6.07 Å². The lowest BCUT2D eigenvalue weighted by atomic mass is 9.73. The van der Waals surface area contributed by atoms with Crippen LogP contribution in [0.3, 0.4) is 0 Å². The van der Waals surface area contributed by atoms with E-state index in [4.69, 9.17) is 0 Å². The van der Waals surface area contributed by atoms with E-state index >= 15 is 0 Å². The molecule has 0 unspecified atom stereocenters. The van der Waals surface area contributed by atoms with Gasteiger partial charge in [-0.2, -0.15) is 0 Å². The predicted octanol–water partition coefficient (Wildman–Crippen LogP) is 2.28. The molecule has 2 aromatic heterocycles. The number of likely N-dealkylation sites (tertiary alicyclic amines) is 1. The molecule has 0 radical (unpaired) electrons. The van der Waals surface area contributed by atoms with Crippen LogP contribution in [0.25, 0.3) is 0 Å². The molecule has 1 amide bonds. The Morgan fingerprint density at radius 1 is 1.08 bits per heavy atom. The van der Waals surface area contributed by atoms with Gasteiger partial charge in [0, 0.05) is 50.1 Å². The fourth-order valence-electron chi connectivity index (χ4n) is 4.12. The summed E-state index contributed by atoms with van der Waals surface area (Å²) in [6.07, 6.45) is 10.9. The maximum Gasteiger partial charge on any atom is 0.222 e. The lowest BCUT2D eigenvalue weighted by Crippen LogP contribution is -2.54. The van der Waals surface area contributed by atoms with Crippen LogP contribution in [0.1, 0.15) is 31.4 Å². The summed E-state index contributed by atoms with van der Waals surface area (Å²) in [5, 5.41) is 0. The molecule has 2 fully saturated rings. The number of rotatable bonds is 3. The number of aromatic nitrogens is 3. The fraction of sp³-hybridized carbons (Fsp3) is 0.474. The molecular weight excluding hydrogens is 314 g/mol. The molecule has 1 spiro atoms. The van der Waals surface area contributed by atoms with Crippen molar-refractivity contribution in [2.24, 2.45) is 5.41 Å². The molecule has 0 aliphatic carbocycles. The van der Waals surface area contributed by atoms with Crippen molar-refractivity contribution in [3.8, 4) is 0 Å². The molecule has 6 heteroatoms. The van der Waals surface area contributed by atoms with Crippen molar-refractivity contribution >= 4 is 11.7 Å². The first-order valence-corrected chi connectivity index (χ1v) is 8.93. The number of anilines is 1. The van der Waals surface area contributed by atoms with Gasteiger partial charge in [0.2, 0.25) is 5.91 Å². The summed E-state index contributed by atoms with van der Waals surface area (Å²) in [7, 11) is 0. The van der Waals surface area contributed by atoms with Crippen LogP contribution in [0, 0.1) is 5.41 Å². The van der Waals surface area contributed by atoms with Gasteiger partial charge in [-0.15, -0.1) is 0 Å². The number of pyridine rings is 1. The first-order valence-electron chi connectivity index (χ1n) is 8.93. The van der Waals surface area contributed by atoms with Crippen LogP contribution >= 0.6 is 0 Å². The number of hydrogen-bond donors (Lipinski definition) is 0. The molecule has 0 N–H and O–H groups in total. The van der Waals surface area contributed by atoms with E-state index in [1.165, 1.54) is 0 Å². The zero-order chi connectivity index (χ0) is 17.1. The summed E-state index contributed by atoms with van der Waals surface area (Å²) in [5.74, 6) is 1.18. The van der Waals surface area contributed by atoms with Crippen LogP contribution in [-0.4, -0.2) is 45.4 Å². The van der Waals surface area contributed by atoms with Crippen molar-refractivity contribution in [1.29, 1.82) is 0 Å². The summed E-state index contributed by atoms with van der Waals surface area (Å²) < 4.78 is 0. The molecule has 2 aromatic rings. The Balaban J connectivity index is 1.50. The molecular formula is C19H23N5O. The zero-order valence-corrected chi connectivity index (χ0v) is 14.3. The quantitative estimate of drug-likeness (QED) is 0.860. The average molecular weight is 337 g/mol. The van der Waals surface area contributed by atoms with Gasteiger partial charge in [0.05, 0.1) is 18.4 Å². The van der Waals surface area contributed by atoms with Gasteiger partial charge in [0.15, 0.2) is 0 Å². The standard InChI is InChI=1S/C19H23N5O/c25-18-5-7-19(15-24(18)13-16-4-1-2-8-21-16)6-3-11-23(14-19)17-12-20-9-10-22-17/h1-2,4,8-10,12H,3,5-7,11,13-15H2/t19-/m0/s1. The fourth-order valence-corrected chi connectivity index (χ4v) is 4.12. The molecule has 2 aliphatic heterocycles. The summed E-state index contributed by atoms with van der Waals surface area (Å²) in [6, 6.07) is 5.87. The van der Waals surface area contributed by atoms with Crippen LogP contribution in [0.15, 0.2) is 43.0 Å². The molecule has 2 aliphatic rings. The summed E-state index contributed by atoms with van der Waals surface area (Å²) in [5.41, 5.74) is 1.10. The van der Waals surface area contributed by atoms with E-state index in [1.807, 2.05) is 29.3 Å². The Labute approximate surface area is 147 Å². The Kier molecular flexibility index (Phi) is 4.34. The number of amides is 1. The zero-order valence-electron chi connectivity index (χ0n) is 14.3. The second-order valence-electron chi connectivity index (χ2n) is 7.16. The van der Waals surface area contributed by atoms with Gasteiger partial charge in [0.25, 0.3) is 0 Å². The van der Waals surface area contributed by atoms with E-state index in [0.717, 1.165) is 50.4 Å². The van der Waals surface area contributed by atoms with Crippen LogP contribution in [0.2, 0.25) is 0 Å². The highest BCUT2D eigenvalue weighted by Gasteiger charge is 2.42. The second-order valence-corrected chi connectivity index (χ2v) is 7.16. The molecule has 6 nitrogen and oxygen atoms in total. The van der Waals surface area contributed by atoms with E-state index < -0.39 is 0 Å². The molecule has 0 saturated carbocycles. The third kappa shape index (κ3) is 3.48. The van der Waals surface area contributed by atoms with E-state index in [2.05, 4.69) is 19.9 Å². The first kappa shape index (κ1) is 16.0. The largest absolute Gasteiger partial charge is 0.355 e. The number of nitrogens with zero attached hydrogens (tertiary/aromatic N) is 5. The third-order valence-corrected chi connectivity index (χ3v) is 5.36. The van der Waals surface area contributed by atoms with Crippen molar-refractivity contribution in [3.05, 3.63) is 48.7 Å². The average Bonchev–Trinajstić information content (AvgIpc) is 2.67. The predicted molar refractivity (Wildman–Crippen MR) is 94.8 cm³/mol. The van der Waals surface area contributed by atoms with E-state index in [9.17, 15) is 4.79 Å². The number of piperidine rings is 2. The SMILES string of the molecule is O=C1CC[C@]2(CCCN(c3cnccn3)C2)CN1Cc1ccccn1. The van der Waals surface area contributed by atoms with Crippen molar-refractivity contribution in [3.63, 3.8) is 0 Å². The molecule has 4 rings (SSSR count). The minimum Gasteiger partial charge on any atom is -0.355 e. The maximum atomic E-state index is 12.4. The number of carbonyl (C=O) groups is 1. The normalized spacial score (nSPS) is 23.9. The third-order valence-electron chi connectivity index (χ3n) is 5.36. The highest BCUT2D eigenvalue weighted by molar-refractivity contribution is 5.77. The topological polar surface area (TPSA) is 62.2 Å². The van der Waals surface area contributed by atoms with Gasteiger partial charge in [-0.05, 0) is 31.4 Å². The maximum absolute atomic E-state index is 12.4. The van der Waals surface area contributed by atoms with Gasteiger partial charge in [-0.25, -0.2) is 4.98 Å². The smallest absolute Gasteiger partial charge is 0.222 e. The highest BCUT2D eigenvalue weighted by Crippen LogP contribution is 2.40. The Morgan fingerprint density at radius 3 is 2.84 bits per heavy atom. The summed E-state index contributed by atoms with van der Waals surface area (Å²) in [4.78, 5) is 29.8. The van der Waals surface area contributed by atoms with Crippen molar-refractivity contribution < 1.29 is 4.79 Å². The minimum absolute atomic E-state index is 0.151. The number of hydrogen-bond acceptors (Lipinski definition) is 5. The summed E-state index contributed by atoms with van der Waals surface area (Å²) in [6.45, 7) is 3.36. The van der Waals surface area contributed by atoms with Crippen LogP contribution in [0.4, 0.5) is 5.82 Å². The van der Waals surface area contributed by atoms with E-state index in [-0.39, 0.29) is 11.3 Å². The van der Waals surface area contributed by atoms with Gasteiger partial charge < -0.3 is 9.80 Å². The van der Waals surface area contributed by atoms with Crippen molar-refractivity contribution in [2.75, 3.05) is 24.5 Å². The van der Waals surface area contributed by atoms with Gasteiger partial charge in [-0.3, -0.25) is 14.8 Å². The van der Waals surface area contributed by atoms with Crippen LogP contribution < -0.4 is 4.90 Å². The molecule has 25 heavy (non-hydrogen) atoms. The lowest BCUT2D eigenvalue weighted by molar-refractivity contribution is -0.138. The van der Waals surface area contributed by atoms with E-state index in [0.29, 0.717) is 13.0 Å². The Bertz CT molecular complexity index is 723. The monoisotopic (exact) mass is 337 g/mol. The van der Waals surface area contributed by atoms with Gasteiger partial charge in [0.1, 0.15) is 5.82 Å². The summed E-state index contributed by atoms with van der Waals surface area (Å²) >= 11 is 0. The highest BCUT2D eigenvalue weighted by atomic mass is 16.2. The molecule has 4 heterocycles. The molecule has 1 atom stereocenters. The van der Waals surface area contributed by atoms with Crippen molar-refractivity contribution in [2.45, 2.75) is 32.2 Å². The Hall–Kier alpha value is -2.50. The Morgan fingerprint density at radius 2 is 2.04 bits per heavy atom. The first-order chi connectivity index (χ1) is 12.2. The molecule has 130 valence electrons. The second kappa shape index (κ2) is 6.78. The molecule has 0 bridgehead atoms. The van der Waals surface area contributed by atoms with E-state index in [1.54, 1.807) is 18.6 Å². The minimum atomic E-state index is 0.151. The van der Waals surface area contributed by atoms with Gasteiger partial charge >= 0.3 is 0 Å². The van der Waals surface area contributed by atoms with Crippen LogP contribution in [0.5, 0.6) is 0 Å². The molecule has 0 aromatic carbocycles. The van der Waals surface area contributed by atoms with Crippen LogP contribution in [-0.2, 0) is 11.3 Å². The van der Waals surface area contributed by atoms with Crippen molar-refractivity contribution in [1.82, 2.24) is 19.9 Å².